The molecule has 0 unspecified atom stereocenters. The monoisotopic (exact) mass is 240 g/mol. The lowest BCUT2D eigenvalue weighted by atomic mass is 10.3. The van der Waals surface area contributed by atoms with E-state index in [0.717, 1.165) is 39.4 Å². The highest BCUT2D eigenvalue weighted by Crippen LogP contribution is 2.04. The topological polar surface area (TPSA) is 24.5 Å². The first-order chi connectivity index (χ1) is 7.95. The molecule has 1 aromatic heterocycles. The van der Waals surface area contributed by atoms with Crippen LogP contribution in [0, 0.1) is 0 Å². The summed E-state index contributed by atoms with van der Waals surface area (Å²) in [5.41, 5.74) is 1.40. The van der Waals surface area contributed by atoms with Crippen molar-refractivity contribution in [3.63, 3.8) is 0 Å². The Hall–Kier alpha value is -0.420. The van der Waals surface area contributed by atoms with E-state index in [1.54, 1.807) is 11.3 Å². The lowest BCUT2D eigenvalue weighted by molar-refractivity contribution is 0.0374. The van der Waals surface area contributed by atoms with Crippen molar-refractivity contribution >= 4 is 11.3 Å². The fourth-order valence-corrected chi connectivity index (χ4v) is 2.55. The molecule has 4 heteroatoms. The quantitative estimate of drug-likeness (QED) is 0.764. The molecule has 1 N–H and O–H groups in total. The van der Waals surface area contributed by atoms with Gasteiger partial charge in [0, 0.05) is 19.6 Å². The summed E-state index contributed by atoms with van der Waals surface area (Å²) in [5.74, 6) is 0. The largest absolute Gasteiger partial charge is 0.379 e. The molecule has 2 heterocycles. The molecule has 0 atom stereocenters. The van der Waals surface area contributed by atoms with Crippen LogP contribution in [0.1, 0.15) is 12.0 Å². The first kappa shape index (κ1) is 12.0. The van der Waals surface area contributed by atoms with Crippen LogP contribution < -0.4 is 5.32 Å². The van der Waals surface area contributed by atoms with Crippen molar-refractivity contribution in [2.24, 2.45) is 0 Å². The van der Waals surface area contributed by atoms with E-state index in [0.29, 0.717) is 0 Å². The van der Waals surface area contributed by atoms with Crippen molar-refractivity contribution in [1.29, 1.82) is 0 Å². The van der Waals surface area contributed by atoms with Gasteiger partial charge in [0.25, 0.3) is 0 Å². The molecule has 0 spiro atoms. The van der Waals surface area contributed by atoms with Crippen LogP contribution in [0.3, 0.4) is 0 Å². The maximum Gasteiger partial charge on any atom is 0.0594 e. The third kappa shape index (κ3) is 4.22. The zero-order valence-electron chi connectivity index (χ0n) is 9.65. The van der Waals surface area contributed by atoms with Gasteiger partial charge in [0.2, 0.25) is 0 Å². The predicted molar refractivity (Wildman–Crippen MR) is 67.9 cm³/mol. The standard InChI is InChI=1S/C12H20N2OS/c1(4-14-5-7-15-8-6-14)3-13-10-12-2-9-16-11-12/h2,9,11,13H,1,3-8,10H2. The summed E-state index contributed by atoms with van der Waals surface area (Å²) in [7, 11) is 0. The molecule has 1 fully saturated rings. The van der Waals surface area contributed by atoms with Gasteiger partial charge in [0.15, 0.2) is 0 Å². The van der Waals surface area contributed by atoms with Crippen LogP contribution in [0.4, 0.5) is 0 Å². The summed E-state index contributed by atoms with van der Waals surface area (Å²) < 4.78 is 5.32. The predicted octanol–water partition coefficient (Wildman–Crippen LogP) is 1.56. The summed E-state index contributed by atoms with van der Waals surface area (Å²) in [4.78, 5) is 2.48. The van der Waals surface area contributed by atoms with Gasteiger partial charge in [-0.3, -0.25) is 4.90 Å². The molecule has 0 radical (unpaired) electrons. The molecule has 0 amide bonds. The van der Waals surface area contributed by atoms with Gasteiger partial charge in [-0.15, -0.1) is 0 Å². The second kappa shape index (κ2) is 7.01. The maximum absolute atomic E-state index is 5.32. The Morgan fingerprint density at radius 2 is 2.25 bits per heavy atom. The zero-order chi connectivity index (χ0) is 11.1. The Bertz CT molecular complexity index is 271. The molecular weight excluding hydrogens is 220 g/mol. The molecule has 1 saturated heterocycles. The summed E-state index contributed by atoms with van der Waals surface area (Å²) in [5, 5.41) is 7.81. The number of hydrogen-bond donors (Lipinski definition) is 1. The van der Waals surface area contributed by atoms with Crippen LogP contribution in [0.15, 0.2) is 16.8 Å². The summed E-state index contributed by atoms with van der Waals surface area (Å²) >= 11 is 1.76. The van der Waals surface area contributed by atoms with E-state index >= 15 is 0 Å². The Labute approximate surface area is 101 Å². The Morgan fingerprint density at radius 3 is 3.00 bits per heavy atom. The van der Waals surface area contributed by atoms with Gasteiger partial charge in [-0.2, -0.15) is 11.3 Å². The Morgan fingerprint density at radius 1 is 1.38 bits per heavy atom. The number of thiophene rings is 1. The van der Waals surface area contributed by atoms with Crippen molar-refractivity contribution in [2.45, 2.75) is 13.0 Å². The lowest BCUT2D eigenvalue weighted by Gasteiger charge is -2.26. The second-order valence-electron chi connectivity index (χ2n) is 4.12. The highest BCUT2D eigenvalue weighted by Gasteiger charge is 2.08. The van der Waals surface area contributed by atoms with Crippen molar-refractivity contribution in [3.8, 4) is 0 Å². The molecule has 1 aromatic rings. The smallest absolute Gasteiger partial charge is 0.0594 e. The van der Waals surface area contributed by atoms with Crippen LogP contribution in [-0.2, 0) is 11.3 Å². The minimum atomic E-state index is 0.905. The van der Waals surface area contributed by atoms with Gasteiger partial charge in [-0.25, -0.2) is 0 Å². The van der Waals surface area contributed by atoms with Gasteiger partial charge < -0.3 is 10.1 Å². The number of nitrogens with zero attached hydrogens (tertiary/aromatic N) is 1. The number of ether oxygens (including phenoxy) is 1. The van der Waals surface area contributed by atoms with E-state index in [2.05, 4.69) is 27.0 Å². The Balaban J connectivity index is 1.48. The van der Waals surface area contributed by atoms with Crippen LogP contribution in [0.2, 0.25) is 0 Å². The normalized spacial score (nSPS) is 17.8. The minimum Gasteiger partial charge on any atom is -0.379 e. The summed E-state index contributed by atoms with van der Waals surface area (Å²) in [6.45, 7) is 7.32. The zero-order valence-corrected chi connectivity index (χ0v) is 10.5. The van der Waals surface area contributed by atoms with Gasteiger partial charge in [0.1, 0.15) is 0 Å². The molecule has 90 valence electrons. The lowest BCUT2D eigenvalue weighted by Crippen LogP contribution is -2.37. The average Bonchev–Trinajstić information content (AvgIpc) is 2.83. The van der Waals surface area contributed by atoms with Gasteiger partial charge in [-0.05, 0) is 41.9 Å². The molecule has 2 rings (SSSR count). The summed E-state index contributed by atoms with van der Waals surface area (Å²) in [6.07, 6.45) is 1.23. The summed E-state index contributed by atoms with van der Waals surface area (Å²) in [6, 6.07) is 2.18. The van der Waals surface area contributed by atoms with Crippen molar-refractivity contribution in [1.82, 2.24) is 10.2 Å². The van der Waals surface area contributed by atoms with Gasteiger partial charge in [0.05, 0.1) is 13.2 Å². The molecule has 16 heavy (non-hydrogen) atoms. The highest BCUT2D eigenvalue weighted by molar-refractivity contribution is 7.07. The molecule has 0 saturated carbocycles. The first-order valence-electron chi connectivity index (χ1n) is 5.97. The number of hydrogen-bond acceptors (Lipinski definition) is 4. The number of morpholine rings is 1. The van der Waals surface area contributed by atoms with Gasteiger partial charge in [-0.1, -0.05) is 0 Å². The molecule has 1 aliphatic heterocycles. The van der Waals surface area contributed by atoms with E-state index in [-0.39, 0.29) is 0 Å². The molecule has 3 nitrogen and oxygen atoms in total. The fourth-order valence-electron chi connectivity index (χ4n) is 1.88. The fraction of sp³-hybridized carbons (Fsp3) is 0.667. The van der Waals surface area contributed by atoms with E-state index in [1.807, 2.05) is 0 Å². The SMILES string of the molecule is c1cc(CNCCCN2CCOCC2)cs1. The first-order valence-corrected chi connectivity index (χ1v) is 6.91. The molecule has 0 aromatic carbocycles. The minimum absolute atomic E-state index is 0.905. The maximum atomic E-state index is 5.32. The van der Waals surface area contributed by atoms with E-state index in [9.17, 15) is 0 Å². The van der Waals surface area contributed by atoms with Gasteiger partial charge >= 0.3 is 0 Å². The van der Waals surface area contributed by atoms with Crippen molar-refractivity contribution < 1.29 is 4.74 Å². The van der Waals surface area contributed by atoms with Crippen LogP contribution in [-0.4, -0.2) is 44.3 Å². The van der Waals surface area contributed by atoms with E-state index in [4.69, 9.17) is 4.74 Å². The molecule has 1 aliphatic rings. The molecule has 0 bridgehead atoms. The van der Waals surface area contributed by atoms with Crippen LogP contribution in [0.5, 0.6) is 0 Å². The highest BCUT2D eigenvalue weighted by atomic mass is 32.1. The molecule has 0 aliphatic carbocycles. The third-order valence-corrected chi connectivity index (χ3v) is 3.57. The number of rotatable bonds is 6. The average molecular weight is 240 g/mol. The third-order valence-electron chi connectivity index (χ3n) is 2.84. The van der Waals surface area contributed by atoms with Crippen LogP contribution >= 0.6 is 11.3 Å². The van der Waals surface area contributed by atoms with Crippen molar-refractivity contribution in [3.05, 3.63) is 22.4 Å². The van der Waals surface area contributed by atoms with E-state index in [1.165, 1.54) is 18.5 Å². The Kier molecular flexibility index (Phi) is 5.28. The van der Waals surface area contributed by atoms with Crippen molar-refractivity contribution in [2.75, 3.05) is 39.4 Å². The van der Waals surface area contributed by atoms with E-state index < -0.39 is 0 Å². The van der Waals surface area contributed by atoms with Crippen LogP contribution in [0.25, 0.3) is 0 Å². The number of nitrogens with one attached hydrogen (secondary N) is 1. The second-order valence-corrected chi connectivity index (χ2v) is 4.90. The molecular formula is C12H20N2OS.